The summed E-state index contributed by atoms with van der Waals surface area (Å²) in [6, 6.07) is 6.95. The molecule has 104 valence electrons. The number of nitrogens with one attached hydrogen (secondary N) is 1. The molecule has 0 aromatic heterocycles. The van der Waals surface area contributed by atoms with E-state index in [-0.39, 0.29) is 11.3 Å². The van der Waals surface area contributed by atoms with E-state index < -0.39 is 4.92 Å². The van der Waals surface area contributed by atoms with E-state index in [1.54, 1.807) is 12.1 Å². The summed E-state index contributed by atoms with van der Waals surface area (Å²) in [5.74, 6) is 0.667. The molecule has 0 aliphatic carbocycles. The SMILES string of the molecule is N#Cc1cc(NC2CN3CCC2CC3)ccc1[N+](=O)[O-]. The lowest BCUT2D eigenvalue weighted by atomic mass is 9.84. The highest BCUT2D eigenvalue weighted by molar-refractivity contribution is 5.59. The molecule has 6 heteroatoms. The van der Waals surface area contributed by atoms with Gasteiger partial charge in [0.25, 0.3) is 5.69 Å². The van der Waals surface area contributed by atoms with Crippen molar-refractivity contribution < 1.29 is 4.92 Å². The molecule has 20 heavy (non-hydrogen) atoms. The van der Waals surface area contributed by atoms with E-state index in [9.17, 15) is 10.1 Å². The molecule has 0 saturated carbocycles. The summed E-state index contributed by atoms with van der Waals surface area (Å²) in [5.41, 5.74) is 0.777. The summed E-state index contributed by atoms with van der Waals surface area (Å²) in [5, 5.41) is 23.3. The van der Waals surface area contributed by atoms with Crippen LogP contribution in [0.25, 0.3) is 0 Å². The minimum absolute atomic E-state index is 0.112. The molecule has 3 fully saturated rings. The lowest BCUT2D eigenvalue weighted by molar-refractivity contribution is -0.385. The first-order valence-corrected chi connectivity index (χ1v) is 6.85. The van der Waals surface area contributed by atoms with Gasteiger partial charge in [-0.15, -0.1) is 0 Å². The summed E-state index contributed by atoms with van der Waals surface area (Å²) in [4.78, 5) is 12.7. The fourth-order valence-electron chi connectivity index (χ4n) is 3.22. The average molecular weight is 272 g/mol. The first-order valence-electron chi connectivity index (χ1n) is 6.85. The van der Waals surface area contributed by atoms with Crippen molar-refractivity contribution in [3.8, 4) is 6.07 Å². The Balaban J connectivity index is 1.78. The van der Waals surface area contributed by atoms with Crippen LogP contribution in [0.2, 0.25) is 0 Å². The molecule has 1 unspecified atom stereocenters. The molecule has 1 aromatic rings. The van der Waals surface area contributed by atoms with E-state index >= 15 is 0 Å². The lowest BCUT2D eigenvalue weighted by Gasteiger charge is -2.45. The van der Waals surface area contributed by atoms with Crippen LogP contribution in [0.3, 0.4) is 0 Å². The van der Waals surface area contributed by atoms with Crippen molar-refractivity contribution in [2.45, 2.75) is 18.9 Å². The molecular weight excluding hydrogens is 256 g/mol. The van der Waals surface area contributed by atoms with Crippen LogP contribution in [0.5, 0.6) is 0 Å². The Hall–Kier alpha value is -2.13. The van der Waals surface area contributed by atoms with E-state index in [2.05, 4.69) is 10.2 Å². The molecule has 6 nitrogen and oxygen atoms in total. The van der Waals surface area contributed by atoms with Gasteiger partial charge in [-0.25, -0.2) is 0 Å². The zero-order valence-electron chi connectivity index (χ0n) is 11.1. The smallest absolute Gasteiger partial charge is 0.287 e. The largest absolute Gasteiger partial charge is 0.381 e. The highest BCUT2D eigenvalue weighted by Gasteiger charge is 2.34. The number of nitro groups is 1. The van der Waals surface area contributed by atoms with Crippen LogP contribution < -0.4 is 5.32 Å². The Morgan fingerprint density at radius 2 is 2.15 bits per heavy atom. The Bertz CT molecular complexity index is 573. The van der Waals surface area contributed by atoms with E-state index in [1.165, 1.54) is 32.0 Å². The molecule has 0 radical (unpaired) electrons. The van der Waals surface area contributed by atoms with Crippen molar-refractivity contribution >= 4 is 11.4 Å². The van der Waals surface area contributed by atoms with Crippen molar-refractivity contribution in [1.82, 2.24) is 4.90 Å². The van der Waals surface area contributed by atoms with Gasteiger partial charge < -0.3 is 10.2 Å². The molecule has 1 N–H and O–H groups in total. The van der Waals surface area contributed by atoms with Gasteiger partial charge in [0.05, 0.1) is 4.92 Å². The topological polar surface area (TPSA) is 82.2 Å². The lowest BCUT2D eigenvalue weighted by Crippen LogP contribution is -2.53. The summed E-state index contributed by atoms with van der Waals surface area (Å²) in [6.07, 6.45) is 2.41. The van der Waals surface area contributed by atoms with Crippen LogP contribution in [-0.4, -0.2) is 35.5 Å². The second-order valence-electron chi connectivity index (χ2n) is 5.49. The number of piperidine rings is 3. The molecule has 0 spiro atoms. The minimum Gasteiger partial charge on any atom is -0.381 e. The van der Waals surface area contributed by atoms with Crippen LogP contribution in [0.15, 0.2) is 18.2 Å². The Morgan fingerprint density at radius 1 is 1.40 bits per heavy atom. The van der Waals surface area contributed by atoms with Gasteiger partial charge in [-0.3, -0.25) is 10.1 Å². The predicted molar refractivity (Wildman–Crippen MR) is 74.4 cm³/mol. The van der Waals surface area contributed by atoms with Gasteiger partial charge in [0.15, 0.2) is 0 Å². The van der Waals surface area contributed by atoms with E-state index in [4.69, 9.17) is 5.26 Å². The van der Waals surface area contributed by atoms with Crippen LogP contribution in [0, 0.1) is 27.4 Å². The maximum atomic E-state index is 10.8. The van der Waals surface area contributed by atoms with Gasteiger partial charge in [0.2, 0.25) is 0 Å². The number of hydrogen-bond donors (Lipinski definition) is 1. The molecule has 4 rings (SSSR count). The number of hydrogen-bond acceptors (Lipinski definition) is 5. The second-order valence-corrected chi connectivity index (χ2v) is 5.49. The van der Waals surface area contributed by atoms with Crippen molar-refractivity contribution in [2.75, 3.05) is 25.0 Å². The highest BCUT2D eigenvalue weighted by atomic mass is 16.6. The number of rotatable bonds is 3. The quantitative estimate of drug-likeness (QED) is 0.672. The van der Waals surface area contributed by atoms with Gasteiger partial charge in [-0.05, 0) is 44.0 Å². The monoisotopic (exact) mass is 272 g/mol. The minimum atomic E-state index is -0.517. The van der Waals surface area contributed by atoms with Crippen LogP contribution in [0.4, 0.5) is 11.4 Å². The van der Waals surface area contributed by atoms with Gasteiger partial charge in [0, 0.05) is 24.3 Å². The van der Waals surface area contributed by atoms with E-state index in [0.29, 0.717) is 12.0 Å². The van der Waals surface area contributed by atoms with Gasteiger partial charge in [-0.1, -0.05) is 0 Å². The summed E-state index contributed by atoms with van der Waals surface area (Å²) in [7, 11) is 0. The number of benzene rings is 1. The molecule has 2 bridgehead atoms. The van der Waals surface area contributed by atoms with Crippen LogP contribution >= 0.6 is 0 Å². The number of fused-ring (bicyclic) bond motifs is 3. The van der Waals surface area contributed by atoms with Gasteiger partial charge in [-0.2, -0.15) is 5.26 Å². The molecule has 0 amide bonds. The standard InChI is InChI=1S/C14H16N4O2/c15-8-11-7-12(1-2-14(11)18(19)20)16-13-9-17-5-3-10(13)4-6-17/h1-2,7,10,13,16H,3-6,9H2. The molecule has 3 aliphatic rings. The van der Waals surface area contributed by atoms with E-state index in [1.807, 2.05) is 6.07 Å². The van der Waals surface area contributed by atoms with Crippen molar-refractivity contribution in [1.29, 1.82) is 5.26 Å². The van der Waals surface area contributed by atoms with Crippen LogP contribution in [-0.2, 0) is 0 Å². The van der Waals surface area contributed by atoms with Gasteiger partial charge >= 0.3 is 0 Å². The average Bonchev–Trinajstić information content (AvgIpc) is 2.48. The second kappa shape index (κ2) is 5.10. The summed E-state index contributed by atoms with van der Waals surface area (Å²) >= 11 is 0. The van der Waals surface area contributed by atoms with E-state index in [0.717, 1.165) is 12.2 Å². The molecule has 1 aromatic carbocycles. The maximum absolute atomic E-state index is 10.8. The third-order valence-corrected chi connectivity index (χ3v) is 4.32. The zero-order valence-corrected chi connectivity index (χ0v) is 11.1. The molecule has 3 heterocycles. The third-order valence-electron chi connectivity index (χ3n) is 4.32. The number of nitrogens with zero attached hydrogens (tertiary/aromatic N) is 3. The molecule has 3 aliphatic heterocycles. The van der Waals surface area contributed by atoms with Gasteiger partial charge in [0.1, 0.15) is 11.6 Å². The zero-order chi connectivity index (χ0) is 14.1. The summed E-state index contributed by atoms with van der Waals surface area (Å²) in [6.45, 7) is 3.36. The number of nitriles is 1. The number of nitro benzene ring substituents is 1. The first kappa shape index (κ1) is 12.9. The van der Waals surface area contributed by atoms with Crippen molar-refractivity contribution in [3.05, 3.63) is 33.9 Å². The van der Waals surface area contributed by atoms with Crippen LogP contribution in [0.1, 0.15) is 18.4 Å². The highest BCUT2D eigenvalue weighted by Crippen LogP contribution is 2.30. The normalized spacial score (nSPS) is 27.9. The maximum Gasteiger partial charge on any atom is 0.287 e. The first-order chi connectivity index (χ1) is 9.67. The molecule has 1 atom stereocenters. The Morgan fingerprint density at radius 3 is 2.70 bits per heavy atom. The third kappa shape index (κ3) is 2.32. The fraction of sp³-hybridized carbons (Fsp3) is 0.500. The Kier molecular flexibility index (Phi) is 3.28. The Labute approximate surface area is 117 Å². The molecular formula is C14H16N4O2. The number of anilines is 1. The molecule has 3 saturated heterocycles. The predicted octanol–water partition coefficient (Wildman–Crippen LogP) is 1.97. The van der Waals surface area contributed by atoms with Crippen molar-refractivity contribution in [3.63, 3.8) is 0 Å². The van der Waals surface area contributed by atoms with Crippen molar-refractivity contribution in [2.24, 2.45) is 5.92 Å². The fourth-order valence-corrected chi connectivity index (χ4v) is 3.22. The summed E-state index contributed by atoms with van der Waals surface area (Å²) < 4.78 is 0.